The molecule has 0 aliphatic rings. The highest BCUT2D eigenvalue weighted by molar-refractivity contribution is 5.56. The van der Waals surface area contributed by atoms with Crippen molar-refractivity contribution in [1.82, 2.24) is 4.90 Å². The molecule has 2 N–H and O–H groups in total. The van der Waals surface area contributed by atoms with Crippen molar-refractivity contribution in [3.05, 3.63) is 17.9 Å². The first-order valence-electron chi connectivity index (χ1n) is 6.69. The molecule has 0 bridgehead atoms. The first-order chi connectivity index (χ1) is 9.12. The predicted molar refractivity (Wildman–Crippen MR) is 75.3 cm³/mol. The zero-order chi connectivity index (χ0) is 14.3. The first-order valence-corrected chi connectivity index (χ1v) is 6.69. The Kier molecular flexibility index (Phi) is 6.42. The van der Waals surface area contributed by atoms with E-state index in [9.17, 15) is 4.39 Å². The molecule has 1 rings (SSSR count). The molecule has 108 valence electrons. The number of nitrogens with zero attached hydrogens (tertiary/aromatic N) is 1. The quantitative estimate of drug-likeness (QED) is 0.737. The molecular weight excluding hydrogens is 247 g/mol. The maximum absolute atomic E-state index is 13.5. The highest BCUT2D eigenvalue weighted by Crippen LogP contribution is 2.30. The molecule has 0 saturated carbocycles. The van der Waals surface area contributed by atoms with Crippen molar-refractivity contribution in [3.8, 4) is 11.5 Å². The molecule has 0 unspecified atom stereocenters. The van der Waals surface area contributed by atoms with E-state index >= 15 is 0 Å². The molecule has 0 fully saturated rings. The lowest BCUT2D eigenvalue weighted by Gasteiger charge is -2.18. The average Bonchev–Trinajstić information content (AvgIpc) is 2.39. The van der Waals surface area contributed by atoms with Crippen molar-refractivity contribution in [2.75, 3.05) is 38.6 Å². The van der Waals surface area contributed by atoms with E-state index in [0.29, 0.717) is 24.7 Å². The fraction of sp³-hybridized carbons (Fsp3) is 0.571. The lowest BCUT2D eigenvalue weighted by atomic mass is 10.2. The van der Waals surface area contributed by atoms with E-state index in [1.165, 1.54) is 12.1 Å². The molecule has 0 radical (unpaired) electrons. The second-order valence-corrected chi connectivity index (χ2v) is 4.13. The van der Waals surface area contributed by atoms with E-state index in [1.807, 2.05) is 0 Å². The third kappa shape index (κ3) is 4.59. The molecule has 0 aliphatic heterocycles. The Morgan fingerprint density at radius 1 is 1.11 bits per heavy atom. The second-order valence-electron chi connectivity index (χ2n) is 4.13. The summed E-state index contributed by atoms with van der Waals surface area (Å²) in [6, 6.07) is 2.74. The molecule has 4 nitrogen and oxygen atoms in total. The van der Waals surface area contributed by atoms with Crippen LogP contribution in [-0.4, -0.2) is 37.7 Å². The van der Waals surface area contributed by atoms with Crippen LogP contribution in [0.5, 0.6) is 11.5 Å². The van der Waals surface area contributed by atoms with E-state index < -0.39 is 5.82 Å². The van der Waals surface area contributed by atoms with E-state index in [2.05, 4.69) is 18.7 Å². The highest BCUT2D eigenvalue weighted by atomic mass is 19.1. The fourth-order valence-corrected chi connectivity index (χ4v) is 1.77. The maximum atomic E-state index is 13.5. The SMILES string of the molecule is CCOc1cc(OCCN(CC)CC)c(N)cc1F. The Balaban J connectivity index is 2.64. The first kappa shape index (κ1) is 15.6. The van der Waals surface area contributed by atoms with Crippen molar-refractivity contribution in [2.24, 2.45) is 0 Å². The summed E-state index contributed by atoms with van der Waals surface area (Å²) < 4.78 is 24.3. The van der Waals surface area contributed by atoms with Crippen LogP contribution in [0.3, 0.4) is 0 Å². The van der Waals surface area contributed by atoms with Gasteiger partial charge in [-0.15, -0.1) is 0 Å². The predicted octanol–water partition coefficient (Wildman–Crippen LogP) is 2.53. The number of benzene rings is 1. The summed E-state index contributed by atoms with van der Waals surface area (Å²) >= 11 is 0. The molecule has 0 aromatic heterocycles. The van der Waals surface area contributed by atoms with Gasteiger partial charge in [-0.1, -0.05) is 13.8 Å². The van der Waals surface area contributed by atoms with Gasteiger partial charge in [0.25, 0.3) is 0 Å². The highest BCUT2D eigenvalue weighted by Gasteiger charge is 2.10. The second kappa shape index (κ2) is 7.84. The monoisotopic (exact) mass is 270 g/mol. The van der Waals surface area contributed by atoms with Crippen LogP contribution < -0.4 is 15.2 Å². The Hall–Kier alpha value is -1.49. The van der Waals surface area contributed by atoms with Crippen LogP contribution in [0.1, 0.15) is 20.8 Å². The standard InChI is InChI=1S/C14H23FN2O2/c1-4-17(5-2)7-8-19-14-10-13(18-6-3)11(15)9-12(14)16/h9-10H,4-8,16H2,1-3H3. The summed E-state index contributed by atoms with van der Waals surface area (Å²) in [6.07, 6.45) is 0. The smallest absolute Gasteiger partial charge is 0.167 e. The van der Waals surface area contributed by atoms with Crippen molar-refractivity contribution >= 4 is 5.69 Å². The van der Waals surface area contributed by atoms with E-state index in [0.717, 1.165) is 19.6 Å². The molecule has 1 aromatic carbocycles. The van der Waals surface area contributed by atoms with Crippen LogP contribution in [0.2, 0.25) is 0 Å². The third-order valence-corrected chi connectivity index (χ3v) is 2.92. The minimum absolute atomic E-state index is 0.175. The molecule has 1 aromatic rings. The fourth-order valence-electron chi connectivity index (χ4n) is 1.77. The van der Waals surface area contributed by atoms with Crippen LogP contribution in [-0.2, 0) is 0 Å². The van der Waals surface area contributed by atoms with Gasteiger partial charge in [-0.2, -0.15) is 0 Å². The molecular formula is C14H23FN2O2. The molecule has 5 heteroatoms. The Morgan fingerprint density at radius 2 is 1.79 bits per heavy atom. The van der Waals surface area contributed by atoms with Gasteiger partial charge in [0.2, 0.25) is 0 Å². The van der Waals surface area contributed by atoms with E-state index in [-0.39, 0.29) is 5.75 Å². The van der Waals surface area contributed by atoms with Gasteiger partial charge in [0.05, 0.1) is 12.3 Å². The van der Waals surface area contributed by atoms with Crippen molar-refractivity contribution in [2.45, 2.75) is 20.8 Å². The van der Waals surface area contributed by atoms with Gasteiger partial charge in [0.1, 0.15) is 12.4 Å². The molecule has 0 spiro atoms. The Labute approximate surface area is 114 Å². The number of hydrogen-bond donors (Lipinski definition) is 1. The molecule has 0 amide bonds. The largest absolute Gasteiger partial charge is 0.491 e. The van der Waals surface area contributed by atoms with E-state index in [1.54, 1.807) is 6.92 Å². The lowest BCUT2D eigenvalue weighted by molar-refractivity contribution is 0.222. The minimum Gasteiger partial charge on any atom is -0.491 e. The van der Waals surface area contributed by atoms with Gasteiger partial charge in [-0.25, -0.2) is 4.39 Å². The van der Waals surface area contributed by atoms with Crippen molar-refractivity contribution in [3.63, 3.8) is 0 Å². The summed E-state index contributed by atoms with van der Waals surface area (Å²) in [5.74, 6) is 0.182. The van der Waals surface area contributed by atoms with Gasteiger partial charge in [0, 0.05) is 18.7 Å². The number of likely N-dealkylation sites (N-methyl/N-ethyl adjacent to an activating group) is 1. The summed E-state index contributed by atoms with van der Waals surface area (Å²) in [5.41, 5.74) is 6.03. The lowest BCUT2D eigenvalue weighted by Crippen LogP contribution is -2.28. The average molecular weight is 270 g/mol. The molecule has 0 heterocycles. The van der Waals surface area contributed by atoms with Crippen LogP contribution in [0, 0.1) is 5.82 Å². The van der Waals surface area contributed by atoms with E-state index in [4.69, 9.17) is 15.2 Å². The van der Waals surface area contributed by atoms with Gasteiger partial charge < -0.3 is 20.1 Å². The van der Waals surface area contributed by atoms with Gasteiger partial charge in [-0.05, 0) is 20.0 Å². The van der Waals surface area contributed by atoms with Crippen molar-refractivity contribution in [1.29, 1.82) is 0 Å². The topological polar surface area (TPSA) is 47.7 Å². The number of anilines is 1. The Bertz CT molecular complexity index is 395. The number of nitrogens with two attached hydrogens (primary N) is 1. The van der Waals surface area contributed by atoms with Crippen LogP contribution in [0.25, 0.3) is 0 Å². The molecule has 0 atom stereocenters. The normalized spacial score (nSPS) is 10.8. The van der Waals surface area contributed by atoms with Crippen molar-refractivity contribution < 1.29 is 13.9 Å². The third-order valence-electron chi connectivity index (χ3n) is 2.92. The summed E-state index contributed by atoms with van der Waals surface area (Å²) in [4.78, 5) is 2.24. The Morgan fingerprint density at radius 3 is 2.37 bits per heavy atom. The number of rotatable bonds is 8. The summed E-state index contributed by atoms with van der Waals surface area (Å²) in [5, 5.41) is 0. The molecule has 0 saturated heterocycles. The van der Waals surface area contributed by atoms with Crippen LogP contribution in [0.15, 0.2) is 12.1 Å². The van der Waals surface area contributed by atoms with Gasteiger partial charge >= 0.3 is 0 Å². The number of halogens is 1. The summed E-state index contributed by atoms with van der Waals surface area (Å²) in [7, 11) is 0. The molecule has 19 heavy (non-hydrogen) atoms. The minimum atomic E-state index is -0.463. The molecule has 0 aliphatic carbocycles. The van der Waals surface area contributed by atoms with Gasteiger partial charge in [0.15, 0.2) is 11.6 Å². The number of ether oxygens (including phenoxy) is 2. The number of nitrogen functional groups attached to an aromatic ring is 1. The number of hydrogen-bond acceptors (Lipinski definition) is 4. The maximum Gasteiger partial charge on any atom is 0.167 e. The van der Waals surface area contributed by atoms with Crippen LogP contribution in [0.4, 0.5) is 10.1 Å². The van der Waals surface area contributed by atoms with Gasteiger partial charge in [-0.3, -0.25) is 0 Å². The summed E-state index contributed by atoms with van der Waals surface area (Å²) in [6.45, 7) is 9.69. The van der Waals surface area contributed by atoms with Crippen LogP contribution >= 0.6 is 0 Å². The zero-order valence-corrected chi connectivity index (χ0v) is 11.9. The zero-order valence-electron chi connectivity index (χ0n) is 11.9.